The van der Waals surface area contributed by atoms with Crippen molar-refractivity contribution < 1.29 is 5.11 Å². The summed E-state index contributed by atoms with van der Waals surface area (Å²) < 4.78 is 0. The molecule has 0 aliphatic carbocycles. The molecule has 2 nitrogen and oxygen atoms in total. The molecule has 0 aromatic heterocycles. The Labute approximate surface area is 94.7 Å². The molecular formula is C13H27NO. The van der Waals surface area contributed by atoms with Gasteiger partial charge in [0, 0.05) is 13.2 Å². The van der Waals surface area contributed by atoms with Crippen molar-refractivity contribution in [3.8, 4) is 0 Å². The minimum Gasteiger partial charge on any atom is -0.396 e. The van der Waals surface area contributed by atoms with Gasteiger partial charge in [0.05, 0.1) is 0 Å². The summed E-state index contributed by atoms with van der Waals surface area (Å²) >= 11 is 0. The smallest absolute Gasteiger partial charge is 0.0431 e. The standard InChI is InChI=1S/C13H27NO/c1-3-12(4-2)13-7-9-14(11-13)8-5-6-10-15/h12-13,15H,3-11H2,1-2H3/t13-/m1/s1. The molecule has 1 heterocycles. The van der Waals surface area contributed by atoms with Crippen molar-refractivity contribution >= 4 is 0 Å². The van der Waals surface area contributed by atoms with Gasteiger partial charge >= 0.3 is 0 Å². The van der Waals surface area contributed by atoms with E-state index in [0.717, 1.165) is 24.7 Å². The second-order valence-electron chi connectivity index (χ2n) is 4.86. The van der Waals surface area contributed by atoms with Gasteiger partial charge in [0.1, 0.15) is 0 Å². The number of aliphatic hydroxyl groups excluding tert-OH is 1. The predicted octanol–water partition coefficient (Wildman–Crippen LogP) is 2.52. The Morgan fingerprint density at radius 2 is 2.00 bits per heavy atom. The molecule has 0 spiro atoms. The molecule has 0 aromatic rings. The highest BCUT2D eigenvalue weighted by atomic mass is 16.2. The molecule has 1 rings (SSSR count). The predicted molar refractivity (Wildman–Crippen MR) is 64.9 cm³/mol. The van der Waals surface area contributed by atoms with Crippen LogP contribution < -0.4 is 0 Å². The lowest BCUT2D eigenvalue weighted by Crippen LogP contribution is -2.24. The number of aliphatic hydroxyl groups is 1. The Balaban J connectivity index is 2.19. The van der Waals surface area contributed by atoms with Gasteiger partial charge in [-0.05, 0) is 44.2 Å². The SMILES string of the molecule is CCC(CC)[C@@H]1CCN(CCCCO)C1. The van der Waals surface area contributed by atoms with E-state index in [-0.39, 0.29) is 0 Å². The highest BCUT2D eigenvalue weighted by molar-refractivity contribution is 4.79. The van der Waals surface area contributed by atoms with Gasteiger partial charge in [-0.3, -0.25) is 0 Å². The largest absolute Gasteiger partial charge is 0.396 e. The van der Waals surface area contributed by atoms with E-state index in [1.165, 1.54) is 38.9 Å². The van der Waals surface area contributed by atoms with Crippen molar-refractivity contribution in [1.82, 2.24) is 4.90 Å². The molecule has 0 amide bonds. The molecule has 1 atom stereocenters. The van der Waals surface area contributed by atoms with Gasteiger partial charge in [0.25, 0.3) is 0 Å². The Morgan fingerprint density at radius 1 is 1.27 bits per heavy atom. The number of rotatable bonds is 7. The summed E-state index contributed by atoms with van der Waals surface area (Å²) in [7, 11) is 0. The van der Waals surface area contributed by atoms with Crippen LogP contribution in [-0.2, 0) is 0 Å². The van der Waals surface area contributed by atoms with E-state index in [9.17, 15) is 0 Å². The Kier molecular flexibility index (Phi) is 6.26. The lowest BCUT2D eigenvalue weighted by atomic mass is 9.87. The topological polar surface area (TPSA) is 23.5 Å². The van der Waals surface area contributed by atoms with E-state index in [1.807, 2.05) is 0 Å². The number of hydrogen-bond acceptors (Lipinski definition) is 2. The van der Waals surface area contributed by atoms with E-state index >= 15 is 0 Å². The minimum atomic E-state index is 0.351. The molecule has 0 bridgehead atoms. The van der Waals surface area contributed by atoms with Gasteiger partial charge in [0.2, 0.25) is 0 Å². The molecule has 15 heavy (non-hydrogen) atoms. The van der Waals surface area contributed by atoms with Gasteiger partial charge < -0.3 is 10.0 Å². The quantitative estimate of drug-likeness (QED) is 0.657. The fraction of sp³-hybridized carbons (Fsp3) is 1.00. The Hall–Kier alpha value is -0.0800. The van der Waals surface area contributed by atoms with E-state index < -0.39 is 0 Å². The summed E-state index contributed by atoms with van der Waals surface area (Å²) in [6.45, 7) is 8.77. The number of unbranched alkanes of at least 4 members (excludes halogenated alkanes) is 1. The summed E-state index contributed by atoms with van der Waals surface area (Å²) in [5.41, 5.74) is 0. The molecule has 1 N–H and O–H groups in total. The van der Waals surface area contributed by atoms with Crippen LogP contribution in [0, 0.1) is 11.8 Å². The van der Waals surface area contributed by atoms with Crippen LogP contribution in [0.1, 0.15) is 46.0 Å². The van der Waals surface area contributed by atoms with Crippen LogP contribution in [0.25, 0.3) is 0 Å². The zero-order valence-electron chi connectivity index (χ0n) is 10.4. The lowest BCUT2D eigenvalue weighted by Gasteiger charge is -2.21. The molecule has 0 aromatic carbocycles. The third kappa shape index (κ3) is 4.12. The summed E-state index contributed by atoms with van der Waals surface area (Å²) in [6, 6.07) is 0. The average molecular weight is 213 g/mol. The molecule has 0 unspecified atom stereocenters. The lowest BCUT2D eigenvalue weighted by molar-refractivity contribution is 0.250. The molecule has 1 aliphatic rings. The van der Waals surface area contributed by atoms with Crippen LogP contribution in [0.4, 0.5) is 0 Å². The van der Waals surface area contributed by atoms with Gasteiger partial charge in [0.15, 0.2) is 0 Å². The highest BCUT2D eigenvalue weighted by Gasteiger charge is 2.26. The summed E-state index contributed by atoms with van der Waals surface area (Å²) in [5.74, 6) is 1.88. The number of likely N-dealkylation sites (tertiary alicyclic amines) is 1. The van der Waals surface area contributed by atoms with Crippen molar-refractivity contribution in [2.75, 3.05) is 26.2 Å². The van der Waals surface area contributed by atoms with Crippen LogP contribution in [0.3, 0.4) is 0 Å². The van der Waals surface area contributed by atoms with Crippen LogP contribution >= 0.6 is 0 Å². The van der Waals surface area contributed by atoms with Crippen molar-refractivity contribution in [2.24, 2.45) is 11.8 Å². The van der Waals surface area contributed by atoms with Crippen molar-refractivity contribution in [1.29, 1.82) is 0 Å². The third-order valence-corrected chi connectivity index (χ3v) is 3.91. The fourth-order valence-electron chi connectivity index (χ4n) is 2.85. The minimum absolute atomic E-state index is 0.351. The molecule has 1 aliphatic heterocycles. The molecule has 1 fully saturated rings. The van der Waals surface area contributed by atoms with Crippen molar-refractivity contribution in [3.05, 3.63) is 0 Å². The van der Waals surface area contributed by atoms with E-state index in [0.29, 0.717) is 6.61 Å². The monoisotopic (exact) mass is 213 g/mol. The zero-order valence-corrected chi connectivity index (χ0v) is 10.4. The van der Waals surface area contributed by atoms with Crippen LogP contribution in [-0.4, -0.2) is 36.2 Å². The average Bonchev–Trinajstić information content (AvgIpc) is 2.69. The molecule has 0 saturated carbocycles. The molecule has 2 heteroatoms. The number of nitrogens with zero attached hydrogens (tertiary/aromatic N) is 1. The van der Waals surface area contributed by atoms with Crippen molar-refractivity contribution in [2.45, 2.75) is 46.0 Å². The van der Waals surface area contributed by atoms with Gasteiger partial charge in [-0.1, -0.05) is 26.7 Å². The molecular weight excluding hydrogens is 186 g/mol. The van der Waals surface area contributed by atoms with Crippen LogP contribution in [0.15, 0.2) is 0 Å². The van der Waals surface area contributed by atoms with Gasteiger partial charge in [-0.25, -0.2) is 0 Å². The normalized spacial score (nSPS) is 22.8. The first kappa shape index (κ1) is 13.0. The molecule has 1 saturated heterocycles. The first-order valence-corrected chi connectivity index (χ1v) is 6.65. The maximum Gasteiger partial charge on any atom is 0.0431 e. The first-order valence-electron chi connectivity index (χ1n) is 6.65. The third-order valence-electron chi connectivity index (χ3n) is 3.91. The number of hydrogen-bond donors (Lipinski definition) is 1. The molecule has 90 valence electrons. The first-order chi connectivity index (χ1) is 7.31. The van der Waals surface area contributed by atoms with Crippen LogP contribution in [0.2, 0.25) is 0 Å². The van der Waals surface area contributed by atoms with Gasteiger partial charge in [-0.15, -0.1) is 0 Å². The second kappa shape index (κ2) is 7.24. The van der Waals surface area contributed by atoms with Gasteiger partial charge in [-0.2, -0.15) is 0 Å². The molecule has 0 radical (unpaired) electrons. The maximum absolute atomic E-state index is 8.74. The second-order valence-corrected chi connectivity index (χ2v) is 4.86. The highest BCUT2D eigenvalue weighted by Crippen LogP contribution is 2.28. The zero-order chi connectivity index (χ0) is 11.1. The summed E-state index contributed by atoms with van der Waals surface area (Å²) in [5, 5.41) is 8.74. The van der Waals surface area contributed by atoms with E-state index in [2.05, 4.69) is 18.7 Å². The fourth-order valence-corrected chi connectivity index (χ4v) is 2.85. The summed E-state index contributed by atoms with van der Waals surface area (Å²) in [6.07, 6.45) is 6.20. The maximum atomic E-state index is 8.74. The van der Waals surface area contributed by atoms with Crippen molar-refractivity contribution in [3.63, 3.8) is 0 Å². The Bertz CT molecular complexity index is 157. The summed E-state index contributed by atoms with van der Waals surface area (Å²) in [4.78, 5) is 2.58. The Morgan fingerprint density at radius 3 is 2.60 bits per heavy atom. The van der Waals surface area contributed by atoms with E-state index in [4.69, 9.17) is 5.11 Å². The van der Waals surface area contributed by atoms with Crippen LogP contribution in [0.5, 0.6) is 0 Å². The van der Waals surface area contributed by atoms with E-state index in [1.54, 1.807) is 0 Å².